The summed E-state index contributed by atoms with van der Waals surface area (Å²) >= 11 is 8.25. The maximum atomic E-state index is 15.3. The van der Waals surface area contributed by atoms with Crippen molar-refractivity contribution < 1.29 is 47.0 Å². The second-order valence-corrected chi connectivity index (χ2v) is 12.8. The molecule has 9 atom stereocenters. The summed E-state index contributed by atoms with van der Waals surface area (Å²) in [5, 5.41) is 27.5. The zero-order valence-electron chi connectivity index (χ0n) is 22.2. The van der Waals surface area contributed by atoms with Crippen molar-refractivity contribution >= 4 is 72.5 Å². The number of nitrogens with two attached hydrogens (primary N) is 2. The largest absolute Gasteiger partial charge is 0.394 e. The standard InChI is InChI=1S/C19H22F2N11O8PS.HOPS/c20-7-5(1-33)38-18(32-15-10(29-30-32)16(35)28-19(23)27-15)12(7)40-41(36,42)37-2-6-11(34)8(21)17(39-6)31-4-26-9-13(22)24-3-25-14(9)31;1-2-3/h3-8,11-12,17-18,33-34H,1-2H2,(H,36,42)(H2,22,24,25)(H3,23,27,28,35);(H,1,3)/t5-,6-,7+,8+,11-,12-,17-,18-,41?;/m1./s1. The summed E-state index contributed by atoms with van der Waals surface area (Å²) in [5.74, 6) is -0.240. The van der Waals surface area contributed by atoms with Gasteiger partial charge in [-0.05, 0) is 11.8 Å². The summed E-state index contributed by atoms with van der Waals surface area (Å²) in [7, 11) is -0.139. The number of nitrogens with one attached hydrogen (secondary N) is 1. The lowest BCUT2D eigenvalue weighted by Crippen LogP contribution is -2.33. The van der Waals surface area contributed by atoms with Gasteiger partial charge >= 0.3 is 6.72 Å². The SMILES string of the molecule is Nc1nc2c(nnn2[C@@H]2O[C@H](CO)[C@H](F)[C@H]2OP(O)(=S)OC[C@H]2O[C@@H](n3cnc4c(N)ncnc43)[C@@H](F)[C@@H]2O)c(=O)[nH]1.O=PS. The van der Waals surface area contributed by atoms with Crippen molar-refractivity contribution in [2.24, 2.45) is 0 Å². The van der Waals surface area contributed by atoms with Gasteiger partial charge in [-0.25, -0.2) is 23.7 Å². The fourth-order valence-electron chi connectivity index (χ4n) is 4.65. The summed E-state index contributed by atoms with van der Waals surface area (Å²) in [6, 6.07) is 0. The maximum absolute atomic E-state index is 15.3. The third-order valence-corrected chi connectivity index (χ3v) is 8.21. The van der Waals surface area contributed by atoms with Gasteiger partial charge in [-0.3, -0.25) is 23.4 Å². The molecule has 2 aliphatic rings. The number of H-pyrrole nitrogens is 1. The van der Waals surface area contributed by atoms with E-state index < -0.39 is 74.7 Å². The summed E-state index contributed by atoms with van der Waals surface area (Å²) in [6.07, 6.45) is -10.9. The predicted molar refractivity (Wildman–Crippen MR) is 155 cm³/mol. The number of hydrogen-bond donors (Lipinski definition) is 7. The first-order valence-electron chi connectivity index (χ1n) is 12.4. The van der Waals surface area contributed by atoms with E-state index in [-0.39, 0.29) is 41.8 Å². The Morgan fingerprint density at radius 3 is 2.58 bits per heavy atom. The van der Waals surface area contributed by atoms with Crippen LogP contribution in [0.25, 0.3) is 22.3 Å². The third-order valence-electron chi connectivity index (χ3n) is 6.65. The third kappa shape index (κ3) is 6.53. The molecule has 0 bridgehead atoms. The minimum atomic E-state index is -4.37. The highest BCUT2D eigenvalue weighted by molar-refractivity contribution is 8.33. The number of aliphatic hydroxyl groups excluding tert-OH is 2. The normalized spacial score (nSPS) is 29.6. The predicted octanol–water partition coefficient (Wildman–Crippen LogP) is -0.915. The van der Waals surface area contributed by atoms with Crippen molar-refractivity contribution in [2.75, 3.05) is 24.7 Å². The van der Waals surface area contributed by atoms with Crippen LogP contribution in [-0.2, 0) is 34.9 Å². The Kier molecular flexibility index (Phi) is 10.0. The number of thiol groups is 1. The highest BCUT2D eigenvalue weighted by Gasteiger charge is 2.51. The van der Waals surface area contributed by atoms with Gasteiger partial charge in [0.25, 0.3) is 5.56 Å². The number of nitrogens with zero attached hydrogens (tertiary/aromatic N) is 8. The molecule has 4 aromatic rings. The van der Waals surface area contributed by atoms with Crippen LogP contribution in [0.1, 0.15) is 12.5 Å². The number of rotatable bonds is 8. The van der Waals surface area contributed by atoms with E-state index in [1.165, 1.54) is 10.9 Å². The van der Waals surface area contributed by atoms with Gasteiger partial charge in [-0.15, -0.1) is 5.10 Å². The molecule has 2 fully saturated rings. The number of halogens is 2. The Balaban J connectivity index is 0.00000128. The first-order valence-corrected chi connectivity index (χ1v) is 17.0. The lowest BCUT2D eigenvalue weighted by Gasteiger charge is -2.25. The van der Waals surface area contributed by atoms with Crippen molar-refractivity contribution in [1.82, 2.24) is 44.5 Å². The van der Waals surface area contributed by atoms with Crippen LogP contribution in [0.4, 0.5) is 20.5 Å². The van der Waals surface area contributed by atoms with Crippen molar-refractivity contribution in [1.29, 1.82) is 0 Å². The van der Waals surface area contributed by atoms with Gasteiger partial charge < -0.3 is 40.6 Å². The van der Waals surface area contributed by atoms with E-state index in [9.17, 15) is 19.9 Å². The lowest BCUT2D eigenvalue weighted by molar-refractivity contribution is -0.0596. The van der Waals surface area contributed by atoms with Crippen LogP contribution in [0.3, 0.4) is 0 Å². The highest BCUT2D eigenvalue weighted by atomic mass is 32.7. The monoisotopic (exact) mass is 713 g/mol. The highest BCUT2D eigenvalue weighted by Crippen LogP contribution is 2.51. The fourth-order valence-corrected chi connectivity index (χ4v) is 6.06. The Bertz CT molecular complexity index is 1800. The maximum Gasteiger partial charge on any atom is 0.325 e. The van der Waals surface area contributed by atoms with Crippen LogP contribution in [0.5, 0.6) is 0 Å². The topological polar surface area (TPSA) is 287 Å². The van der Waals surface area contributed by atoms with E-state index >= 15 is 8.78 Å². The quantitative estimate of drug-likeness (QED) is 0.0859. The molecular weight excluding hydrogens is 690 g/mol. The van der Waals surface area contributed by atoms with E-state index in [1.807, 2.05) is 0 Å². The molecule has 2 saturated heterocycles. The molecule has 1 unspecified atom stereocenters. The van der Waals surface area contributed by atoms with Crippen LogP contribution in [-0.4, -0.2) is 110 Å². The molecule has 0 amide bonds. The molecule has 8 N–H and O–H groups in total. The molecule has 0 aliphatic carbocycles. The molecule has 20 nitrogen and oxygen atoms in total. The Labute approximate surface area is 260 Å². The fraction of sp³-hybridized carbons (Fsp3) is 0.526. The molecule has 0 spiro atoms. The Morgan fingerprint density at radius 2 is 1.87 bits per heavy atom. The molecule has 0 saturated carbocycles. The van der Waals surface area contributed by atoms with E-state index in [1.54, 1.807) is 0 Å². The number of aromatic nitrogens is 9. The molecule has 6 heterocycles. The number of nitrogen functional groups attached to an aromatic ring is 2. The van der Waals surface area contributed by atoms with E-state index in [0.717, 1.165) is 11.0 Å². The van der Waals surface area contributed by atoms with Crippen molar-refractivity contribution in [3.8, 4) is 0 Å². The molecule has 244 valence electrons. The second kappa shape index (κ2) is 13.5. The van der Waals surface area contributed by atoms with Crippen molar-refractivity contribution in [2.45, 2.75) is 49.2 Å². The van der Waals surface area contributed by atoms with Crippen LogP contribution in [0, 0.1) is 0 Å². The molecule has 4 aromatic heterocycles. The average molecular weight is 714 g/mol. The molecule has 45 heavy (non-hydrogen) atoms. The zero-order valence-corrected chi connectivity index (χ0v) is 25.7. The summed E-state index contributed by atoms with van der Waals surface area (Å²) < 4.78 is 63.1. The van der Waals surface area contributed by atoms with Crippen molar-refractivity contribution in [3.63, 3.8) is 0 Å². The van der Waals surface area contributed by atoms with Gasteiger partial charge in [0, 0.05) is 0 Å². The number of aliphatic hydroxyl groups is 2. The summed E-state index contributed by atoms with van der Waals surface area (Å²) in [5.41, 5.74) is 10.5. The van der Waals surface area contributed by atoms with Gasteiger partial charge in [0.05, 0.1) is 19.5 Å². The first-order chi connectivity index (χ1) is 21.4. The van der Waals surface area contributed by atoms with Crippen LogP contribution in [0.2, 0.25) is 0 Å². The van der Waals surface area contributed by atoms with Gasteiger partial charge in [0.1, 0.15) is 36.3 Å². The van der Waals surface area contributed by atoms with E-state index in [2.05, 4.69) is 47.5 Å². The molecule has 6 rings (SSSR count). The summed E-state index contributed by atoms with van der Waals surface area (Å²) in [6.45, 7) is -5.84. The minimum Gasteiger partial charge on any atom is -0.394 e. The minimum absolute atomic E-state index is 0.0550. The molecule has 0 aromatic carbocycles. The summed E-state index contributed by atoms with van der Waals surface area (Å²) in [4.78, 5) is 41.0. The number of ether oxygens (including phenoxy) is 2. The van der Waals surface area contributed by atoms with E-state index in [4.69, 9.17) is 46.4 Å². The van der Waals surface area contributed by atoms with Gasteiger partial charge in [0.2, 0.25) is 13.6 Å². The van der Waals surface area contributed by atoms with Gasteiger partial charge in [-0.2, -0.15) is 9.67 Å². The number of anilines is 2. The zero-order chi connectivity index (χ0) is 32.6. The van der Waals surface area contributed by atoms with Gasteiger partial charge in [-0.1, -0.05) is 17.5 Å². The van der Waals surface area contributed by atoms with Crippen LogP contribution >= 0.6 is 26.6 Å². The molecule has 0 radical (unpaired) electrons. The second-order valence-electron chi connectivity index (χ2n) is 9.35. The molecule has 26 heteroatoms. The number of imidazole rings is 1. The Hall–Kier alpha value is -2.89. The Morgan fingerprint density at radius 1 is 1.16 bits per heavy atom. The number of fused-ring (bicyclic) bond motifs is 2. The first kappa shape index (κ1) is 33.5. The lowest BCUT2D eigenvalue weighted by atomic mass is 10.1. The number of aromatic amines is 1. The molecule has 2 aliphatic heterocycles. The number of hydrogen-bond acceptors (Lipinski definition) is 17. The van der Waals surface area contributed by atoms with E-state index in [0.29, 0.717) is 0 Å². The number of alkyl halides is 2. The molecular formula is C19H23F2N11O9P2S2. The van der Waals surface area contributed by atoms with Gasteiger partial charge in [0.15, 0.2) is 47.4 Å². The van der Waals surface area contributed by atoms with Crippen LogP contribution < -0.4 is 17.0 Å². The van der Waals surface area contributed by atoms with Crippen LogP contribution in [0.15, 0.2) is 17.4 Å². The average Bonchev–Trinajstić information content (AvgIpc) is 3.74. The smallest absolute Gasteiger partial charge is 0.325 e. The van der Waals surface area contributed by atoms with Crippen molar-refractivity contribution in [3.05, 3.63) is 23.0 Å².